The molecule has 1 aromatic heterocycles. The molecule has 5 nitrogen and oxygen atoms in total. The van der Waals surface area contributed by atoms with Crippen molar-refractivity contribution in [2.75, 3.05) is 19.1 Å². The fraction of sp³-hybridized carbons (Fsp3) is 0.571. The van der Waals surface area contributed by atoms with Gasteiger partial charge in [-0.3, -0.25) is 0 Å². The summed E-state index contributed by atoms with van der Waals surface area (Å²) in [6.07, 6.45) is 5.22. The molecular formula is C14H20N2O3. The molecule has 2 rings (SSSR count). The van der Waals surface area contributed by atoms with E-state index in [-0.39, 0.29) is 18.1 Å². The first-order valence-corrected chi connectivity index (χ1v) is 6.58. The van der Waals surface area contributed by atoms with E-state index in [4.69, 9.17) is 4.74 Å². The Hall–Kier alpha value is -1.62. The number of hydrogen-bond acceptors (Lipinski definition) is 5. The zero-order chi connectivity index (χ0) is 13.8. The van der Waals surface area contributed by atoms with Crippen molar-refractivity contribution < 1.29 is 14.6 Å². The standard InChI is InChI=1S/C14H20N2O3/c1-16(11-5-3-4-6-12(11)17)13-9-10(7-8-15-13)14(18)19-2/h7-9,11-12,17H,3-6H2,1-2H3. The number of pyridine rings is 1. The smallest absolute Gasteiger partial charge is 0.338 e. The van der Waals surface area contributed by atoms with E-state index >= 15 is 0 Å². The summed E-state index contributed by atoms with van der Waals surface area (Å²) >= 11 is 0. The Morgan fingerprint density at radius 1 is 1.47 bits per heavy atom. The highest BCUT2D eigenvalue weighted by molar-refractivity contribution is 5.90. The topological polar surface area (TPSA) is 62.7 Å². The van der Waals surface area contributed by atoms with Crippen LogP contribution in [0.25, 0.3) is 0 Å². The molecule has 0 amide bonds. The largest absolute Gasteiger partial charge is 0.465 e. The number of carbonyl (C=O) groups excluding carboxylic acids is 1. The fourth-order valence-corrected chi connectivity index (χ4v) is 2.57. The van der Waals surface area contributed by atoms with E-state index in [1.54, 1.807) is 18.3 Å². The molecule has 5 heteroatoms. The SMILES string of the molecule is COC(=O)c1ccnc(N(C)C2CCCCC2O)c1. The average Bonchev–Trinajstić information content (AvgIpc) is 2.46. The zero-order valence-corrected chi connectivity index (χ0v) is 11.4. The number of ether oxygens (including phenoxy) is 1. The summed E-state index contributed by atoms with van der Waals surface area (Å²) in [7, 11) is 3.26. The van der Waals surface area contributed by atoms with Crippen LogP contribution in [0.1, 0.15) is 36.0 Å². The van der Waals surface area contributed by atoms with Gasteiger partial charge in [0.25, 0.3) is 0 Å². The van der Waals surface area contributed by atoms with Gasteiger partial charge in [0.2, 0.25) is 0 Å². The highest BCUT2D eigenvalue weighted by Gasteiger charge is 2.27. The van der Waals surface area contributed by atoms with E-state index in [1.165, 1.54) is 7.11 Å². The van der Waals surface area contributed by atoms with Crippen molar-refractivity contribution in [3.05, 3.63) is 23.9 Å². The Kier molecular flexibility index (Phi) is 4.37. The number of rotatable bonds is 3. The Morgan fingerprint density at radius 2 is 2.21 bits per heavy atom. The molecule has 1 heterocycles. The highest BCUT2D eigenvalue weighted by atomic mass is 16.5. The third-order valence-electron chi connectivity index (χ3n) is 3.72. The lowest BCUT2D eigenvalue weighted by atomic mass is 9.91. The van der Waals surface area contributed by atoms with E-state index in [9.17, 15) is 9.90 Å². The van der Waals surface area contributed by atoms with Gasteiger partial charge in [-0.15, -0.1) is 0 Å². The van der Waals surface area contributed by atoms with Crippen LogP contribution >= 0.6 is 0 Å². The predicted molar refractivity (Wildman–Crippen MR) is 72.2 cm³/mol. The number of aliphatic hydroxyl groups excluding tert-OH is 1. The summed E-state index contributed by atoms with van der Waals surface area (Å²) in [5, 5.41) is 10.1. The number of nitrogens with zero attached hydrogens (tertiary/aromatic N) is 2. The van der Waals surface area contributed by atoms with Crippen molar-refractivity contribution >= 4 is 11.8 Å². The fourth-order valence-electron chi connectivity index (χ4n) is 2.57. The molecule has 104 valence electrons. The predicted octanol–water partition coefficient (Wildman–Crippen LogP) is 1.61. The molecule has 0 bridgehead atoms. The summed E-state index contributed by atoms with van der Waals surface area (Å²) in [5.74, 6) is 0.315. The molecule has 1 saturated carbocycles. The molecule has 1 fully saturated rings. The van der Waals surface area contributed by atoms with Crippen molar-refractivity contribution in [1.82, 2.24) is 4.98 Å². The molecule has 19 heavy (non-hydrogen) atoms. The van der Waals surface area contributed by atoms with Crippen molar-refractivity contribution in [2.45, 2.75) is 37.8 Å². The van der Waals surface area contributed by atoms with Crippen molar-refractivity contribution in [3.63, 3.8) is 0 Å². The Labute approximate surface area is 113 Å². The third-order valence-corrected chi connectivity index (χ3v) is 3.72. The molecule has 1 aliphatic carbocycles. The maximum Gasteiger partial charge on any atom is 0.338 e. The van der Waals surface area contributed by atoms with Gasteiger partial charge in [-0.1, -0.05) is 12.8 Å². The van der Waals surface area contributed by atoms with Crippen LogP contribution in [-0.4, -0.2) is 42.4 Å². The summed E-state index contributed by atoms with van der Waals surface area (Å²) in [5.41, 5.74) is 0.477. The zero-order valence-electron chi connectivity index (χ0n) is 11.4. The van der Waals surface area contributed by atoms with Gasteiger partial charge in [0, 0.05) is 13.2 Å². The van der Waals surface area contributed by atoms with Gasteiger partial charge >= 0.3 is 5.97 Å². The Morgan fingerprint density at radius 3 is 2.89 bits per heavy atom. The number of methoxy groups -OCH3 is 1. The summed E-state index contributed by atoms with van der Waals surface area (Å²) in [4.78, 5) is 17.7. The van der Waals surface area contributed by atoms with Crippen LogP contribution in [-0.2, 0) is 4.74 Å². The minimum atomic E-state index is -0.374. The number of likely N-dealkylation sites (N-methyl/N-ethyl adjacent to an activating group) is 1. The number of anilines is 1. The van der Waals surface area contributed by atoms with E-state index < -0.39 is 0 Å². The lowest BCUT2D eigenvalue weighted by Gasteiger charge is -2.35. The van der Waals surface area contributed by atoms with Gasteiger partial charge in [0.05, 0.1) is 24.8 Å². The molecule has 2 atom stereocenters. The van der Waals surface area contributed by atoms with Gasteiger partial charge in [0.1, 0.15) is 5.82 Å². The maximum absolute atomic E-state index is 11.5. The minimum Gasteiger partial charge on any atom is -0.465 e. The van der Waals surface area contributed by atoms with Crippen LogP contribution in [0, 0.1) is 0 Å². The number of aliphatic hydroxyl groups is 1. The van der Waals surface area contributed by atoms with Crippen LogP contribution in [0.5, 0.6) is 0 Å². The number of aromatic nitrogens is 1. The van der Waals surface area contributed by atoms with Gasteiger partial charge in [-0.2, -0.15) is 0 Å². The summed E-state index contributed by atoms with van der Waals surface area (Å²) < 4.78 is 4.70. The molecule has 1 aliphatic rings. The van der Waals surface area contributed by atoms with E-state index in [0.29, 0.717) is 11.4 Å². The van der Waals surface area contributed by atoms with Crippen LogP contribution in [0.15, 0.2) is 18.3 Å². The van der Waals surface area contributed by atoms with Gasteiger partial charge in [0.15, 0.2) is 0 Å². The first kappa shape index (κ1) is 13.8. The Bertz CT molecular complexity index is 450. The summed E-state index contributed by atoms with van der Waals surface area (Å²) in [6, 6.07) is 3.39. The lowest BCUT2D eigenvalue weighted by Crippen LogP contribution is -2.43. The quantitative estimate of drug-likeness (QED) is 0.840. The maximum atomic E-state index is 11.5. The van der Waals surface area contributed by atoms with Crippen molar-refractivity contribution in [1.29, 1.82) is 0 Å². The molecule has 0 aliphatic heterocycles. The molecule has 0 radical (unpaired) electrons. The van der Waals surface area contributed by atoms with Gasteiger partial charge < -0.3 is 14.7 Å². The molecule has 0 saturated heterocycles. The molecular weight excluding hydrogens is 244 g/mol. The second kappa shape index (κ2) is 6.02. The summed E-state index contributed by atoms with van der Waals surface area (Å²) in [6.45, 7) is 0. The molecule has 0 spiro atoms. The van der Waals surface area contributed by atoms with E-state index in [1.807, 2.05) is 11.9 Å². The normalized spacial score (nSPS) is 22.9. The molecule has 0 aromatic carbocycles. The second-order valence-corrected chi connectivity index (χ2v) is 4.92. The van der Waals surface area contributed by atoms with Crippen molar-refractivity contribution in [2.24, 2.45) is 0 Å². The van der Waals surface area contributed by atoms with E-state index in [0.717, 1.165) is 25.7 Å². The molecule has 1 N–H and O–H groups in total. The van der Waals surface area contributed by atoms with E-state index in [2.05, 4.69) is 4.98 Å². The average molecular weight is 264 g/mol. The first-order chi connectivity index (χ1) is 9.13. The molecule has 1 aromatic rings. The van der Waals surface area contributed by atoms with Crippen LogP contribution in [0.3, 0.4) is 0 Å². The first-order valence-electron chi connectivity index (χ1n) is 6.58. The number of hydrogen-bond donors (Lipinski definition) is 1. The van der Waals surface area contributed by atoms with Crippen LogP contribution in [0.4, 0.5) is 5.82 Å². The monoisotopic (exact) mass is 264 g/mol. The molecule has 2 unspecified atom stereocenters. The lowest BCUT2D eigenvalue weighted by molar-refractivity contribution is 0.0600. The van der Waals surface area contributed by atoms with Crippen molar-refractivity contribution in [3.8, 4) is 0 Å². The number of carbonyl (C=O) groups is 1. The van der Waals surface area contributed by atoms with Gasteiger partial charge in [-0.25, -0.2) is 9.78 Å². The third kappa shape index (κ3) is 3.04. The highest BCUT2D eigenvalue weighted by Crippen LogP contribution is 2.25. The van der Waals surface area contributed by atoms with Gasteiger partial charge in [-0.05, 0) is 25.0 Å². The minimum absolute atomic E-state index is 0.0640. The Balaban J connectivity index is 2.18. The van der Waals surface area contributed by atoms with Crippen LogP contribution in [0.2, 0.25) is 0 Å². The van der Waals surface area contributed by atoms with Crippen LogP contribution < -0.4 is 4.90 Å². The second-order valence-electron chi connectivity index (χ2n) is 4.92. The number of esters is 1.